The molecular weight excluding hydrogens is 388 g/mol. The first-order chi connectivity index (χ1) is 15.2. The molecule has 3 fully saturated rings. The van der Waals surface area contributed by atoms with Crippen LogP contribution in [0.15, 0.2) is 12.4 Å². The van der Waals surface area contributed by atoms with Crippen molar-refractivity contribution in [3.8, 4) is 0 Å². The fourth-order valence-electron chi connectivity index (χ4n) is 5.57. The van der Waals surface area contributed by atoms with Gasteiger partial charge in [-0.3, -0.25) is 9.69 Å². The number of aromatic nitrogens is 2. The maximum absolute atomic E-state index is 12.9. The quantitative estimate of drug-likeness (QED) is 0.718. The fourth-order valence-corrected chi connectivity index (χ4v) is 5.57. The number of hydrogen-bond donors (Lipinski definition) is 1. The Bertz CT molecular complexity index is 699. The first-order valence-electron chi connectivity index (χ1n) is 12.6. The average Bonchev–Trinajstić information content (AvgIpc) is 2.84. The van der Waals surface area contributed by atoms with Gasteiger partial charge in [0.05, 0.1) is 0 Å². The van der Waals surface area contributed by atoms with Crippen molar-refractivity contribution in [2.75, 3.05) is 56.0 Å². The highest BCUT2D eigenvalue weighted by Crippen LogP contribution is 2.27. The summed E-state index contributed by atoms with van der Waals surface area (Å²) in [6.45, 7) is 8.93. The minimum Gasteiger partial charge on any atom is -0.370 e. The zero-order valence-electron chi connectivity index (χ0n) is 19.3. The second-order valence-corrected chi connectivity index (χ2v) is 9.49. The molecule has 1 atom stereocenters. The molecule has 0 bridgehead atoms. The third-order valence-electron chi connectivity index (χ3n) is 7.38. The Labute approximate surface area is 187 Å². The van der Waals surface area contributed by atoms with Crippen molar-refractivity contribution in [2.24, 2.45) is 5.92 Å². The second-order valence-electron chi connectivity index (χ2n) is 9.49. The van der Waals surface area contributed by atoms with Crippen molar-refractivity contribution in [1.29, 1.82) is 0 Å². The normalized spacial score (nSPS) is 23.7. The van der Waals surface area contributed by atoms with Crippen LogP contribution in [0.3, 0.4) is 0 Å². The van der Waals surface area contributed by atoms with E-state index in [0.717, 1.165) is 69.9 Å². The molecule has 0 radical (unpaired) electrons. The monoisotopic (exact) mass is 428 g/mol. The predicted molar refractivity (Wildman–Crippen MR) is 125 cm³/mol. The largest absolute Gasteiger partial charge is 0.370 e. The van der Waals surface area contributed by atoms with Gasteiger partial charge in [-0.1, -0.05) is 19.3 Å². The van der Waals surface area contributed by atoms with Crippen LogP contribution in [0.4, 0.5) is 11.6 Å². The van der Waals surface area contributed by atoms with E-state index < -0.39 is 0 Å². The molecule has 172 valence electrons. The average molecular weight is 429 g/mol. The third-order valence-corrected chi connectivity index (χ3v) is 7.38. The molecule has 2 saturated heterocycles. The summed E-state index contributed by atoms with van der Waals surface area (Å²) in [6, 6.07) is 2.82. The minimum absolute atomic E-state index is 0.358. The van der Waals surface area contributed by atoms with Gasteiger partial charge in [-0.25, -0.2) is 9.97 Å². The molecule has 3 aliphatic rings. The van der Waals surface area contributed by atoms with Crippen LogP contribution in [-0.4, -0.2) is 77.5 Å². The molecule has 1 unspecified atom stereocenters. The smallest absolute Gasteiger partial charge is 0.222 e. The molecule has 1 aromatic heterocycles. The number of rotatable bonds is 7. The second kappa shape index (κ2) is 11.1. The Kier molecular flexibility index (Phi) is 8.00. The van der Waals surface area contributed by atoms with Gasteiger partial charge in [-0.15, -0.1) is 0 Å². The lowest BCUT2D eigenvalue weighted by atomic mass is 9.92. The molecule has 7 heteroatoms. The van der Waals surface area contributed by atoms with Crippen molar-refractivity contribution in [3.63, 3.8) is 0 Å². The summed E-state index contributed by atoms with van der Waals surface area (Å²) in [4.78, 5) is 28.8. The summed E-state index contributed by atoms with van der Waals surface area (Å²) in [6.07, 6.45) is 12.6. The number of hydrogen-bond acceptors (Lipinski definition) is 6. The number of carbonyl (C=O) groups is 1. The lowest BCUT2D eigenvalue weighted by Crippen LogP contribution is -2.52. The molecular formula is C24H40N6O. The van der Waals surface area contributed by atoms with Gasteiger partial charge in [0, 0.05) is 64.3 Å². The van der Waals surface area contributed by atoms with E-state index >= 15 is 0 Å². The van der Waals surface area contributed by atoms with Crippen LogP contribution >= 0.6 is 0 Å². The zero-order chi connectivity index (χ0) is 21.5. The maximum atomic E-state index is 12.9. The number of amides is 1. The van der Waals surface area contributed by atoms with Crippen LogP contribution in [0.25, 0.3) is 0 Å². The van der Waals surface area contributed by atoms with Gasteiger partial charge in [0.25, 0.3) is 0 Å². The Balaban J connectivity index is 1.21. The lowest BCUT2D eigenvalue weighted by Gasteiger charge is -2.41. The third kappa shape index (κ3) is 6.09. The van der Waals surface area contributed by atoms with Crippen LogP contribution in [0.5, 0.6) is 0 Å². The highest BCUT2D eigenvalue weighted by atomic mass is 16.2. The van der Waals surface area contributed by atoms with Crippen molar-refractivity contribution >= 4 is 17.5 Å². The number of nitrogens with one attached hydrogen (secondary N) is 1. The summed E-state index contributed by atoms with van der Waals surface area (Å²) in [5, 5.41) is 3.27. The molecule has 2 aliphatic heterocycles. The number of nitrogens with zero attached hydrogens (tertiary/aromatic N) is 5. The van der Waals surface area contributed by atoms with E-state index in [1.54, 1.807) is 6.33 Å². The standard InChI is InChI=1S/C24H40N6O/c1-2-25-22-17-23(27-19-26-22)30-12-6-7-20(18-30)10-11-24(31)29-15-13-28(14-16-29)21-8-4-3-5-9-21/h17,19-21H,2-16,18H2,1H3,(H,25,26,27). The van der Waals surface area contributed by atoms with E-state index in [2.05, 4.69) is 36.9 Å². The van der Waals surface area contributed by atoms with Gasteiger partial charge in [-0.05, 0) is 44.9 Å². The molecule has 7 nitrogen and oxygen atoms in total. The maximum Gasteiger partial charge on any atom is 0.222 e. The topological polar surface area (TPSA) is 64.6 Å². The van der Waals surface area contributed by atoms with Crippen LogP contribution in [0.2, 0.25) is 0 Å². The van der Waals surface area contributed by atoms with E-state index in [1.165, 1.54) is 44.9 Å². The molecule has 31 heavy (non-hydrogen) atoms. The number of piperazine rings is 1. The van der Waals surface area contributed by atoms with Crippen molar-refractivity contribution in [2.45, 2.75) is 70.8 Å². The van der Waals surface area contributed by atoms with E-state index in [1.807, 2.05) is 6.07 Å². The first kappa shape index (κ1) is 22.3. The molecule has 1 aromatic rings. The van der Waals surface area contributed by atoms with Gasteiger partial charge in [0.2, 0.25) is 5.91 Å². The first-order valence-corrected chi connectivity index (χ1v) is 12.6. The molecule has 3 heterocycles. The molecule has 4 rings (SSSR count). The summed E-state index contributed by atoms with van der Waals surface area (Å²) in [7, 11) is 0. The predicted octanol–water partition coefficient (Wildman–Crippen LogP) is 3.38. The van der Waals surface area contributed by atoms with Crippen LogP contribution in [0.1, 0.15) is 64.7 Å². The number of piperidine rings is 1. The molecule has 1 aliphatic carbocycles. The SMILES string of the molecule is CCNc1cc(N2CCCC(CCC(=O)N3CCN(C4CCCCC4)CC3)C2)ncn1. The van der Waals surface area contributed by atoms with Crippen molar-refractivity contribution in [3.05, 3.63) is 12.4 Å². The van der Waals surface area contributed by atoms with Gasteiger partial charge in [0.1, 0.15) is 18.0 Å². The van der Waals surface area contributed by atoms with Crippen LogP contribution in [-0.2, 0) is 4.79 Å². The number of carbonyl (C=O) groups excluding carboxylic acids is 1. The van der Waals surface area contributed by atoms with E-state index in [9.17, 15) is 4.79 Å². The summed E-state index contributed by atoms with van der Waals surface area (Å²) >= 11 is 0. The molecule has 1 saturated carbocycles. The molecule has 0 aromatic carbocycles. The van der Waals surface area contributed by atoms with Gasteiger partial charge < -0.3 is 15.1 Å². The molecule has 1 N–H and O–H groups in total. The summed E-state index contributed by atoms with van der Waals surface area (Å²) in [5.41, 5.74) is 0. The van der Waals surface area contributed by atoms with Crippen molar-refractivity contribution < 1.29 is 4.79 Å². The molecule has 0 spiro atoms. The Morgan fingerprint density at radius 3 is 2.61 bits per heavy atom. The molecule has 1 amide bonds. The van der Waals surface area contributed by atoms with Gasteiger partial charge >= 0.3 is 0 Å². The van der Waals surface area contributed by atoms with E-state index in [0.29, 0.717) is 18.2 Å². The zero-order valence-corrected chi connectivity index (χ0v) is 19.3. The lowest BCUT2D eigenvalue weighted by molar-refractivity contribution is -0.133. The van der Waals surface area contributed by atoms with Crippen LogP contribution in [0, 0.1) is 5.92 Å². The fraction of sp³-hybridized carbons (Fsp3) is 0.792. The Morgan fingerprint density at radius 2 is 1.84 bits per heavy atom. The summed E-state index contributed by atoms with van der Waals surface area (Å²) in [5.74, 6) is 2.81. The minimum atomic E-state index is 0.358. The van der Waals surface area contributed by atoms with E-state index in [4.69, 9.17) is 0 Å². The van der Waals surface area contributed by atoms with Crippen molar-refractivity contribution in [1.82, 2.24) is 19.8 Å². The summed E-state index contributed by atoms with van der Waals surface area (Å²) < 4.78 is 0. The Hall–Kier alpha value is -1.89. The Morgan fingerprint density at radius 1 is 1.03 bits per heavy atom. The number of anilines is 2. The van der Waals surface area contributed by atoms with E-state index in [-0.39, 0.29) is 0 Å². The highest BCUT2D eigenvalue weighted by Gasteiger charge is 2.28. The van der Waals surface area contributed by atoms with Gasteiger partial charge in [-0.2, -0.15) is 0 Å². The van der Waals surface area contributed by atoms with Crippen LogP contribution < -0.4 is 10.2 Å². The highest BCUT2D eigenvalue weighted by molar-refractivity contribution is 5.76. The van der Waals surface area contributed by atoms with Gasteiger partial charge in [0.15, 0.2) is 0 Å².